The molecule has 0 saturated carbocycles. The summed E-state index contributed by atoms with van der Waals surface area (Å²) in [4.78, 5) is 31.5. The third kappa shape index (κ3) is 5.81. The number of amides is 2. The summed E-state index contributed by atoms with van der Waals surface area (Å²) in [7, 11) is 0. The highest BCUT2D eigenvalue weighted by Crippen LogP contribution is 2.25. The van der Waals surface area contributed by atoms with Gasteiger partial charge in [-0.3, -0.25) is 9.59 Å². The van der Waals surface area contributed by atoms with E-state index in [1.807, 2.05) is 39.8 Å². The quantitative estimate of drug-likeness (QED) is 0.697. The molecule has 1 aromatic carbocycles. The Balaban J connectivity index is 2.20. The molecule has 0 bridgehead atoms. The van der Waals surface area contributed by atoms with Crippen molar-refractivity contribution in [2.75, 3.05) is 18.4 Å². The van der Waals surface area contributed by atoms with Crippen molar-refractivity contribution in [2.24, 2.45) is 0 Å². The van der Waals surface area contributed by atoms with Crippen molar-refractivity contribution in [1.82, 2.24) is 9.88 Å². The van der Waals surface area contributed by atoms with Crippen molar-refractivity contribution in [1.29, 1.82) is 0 Å². The monoisotopic (exact) mass is 383 g/mol. The number of hydrogen-bond donors (Lipinski definition) is 1. The van der Waals surface area contributed by atoms with Crippen molar-refractivity contribution in [3.05, 3.63) is 53.9 Å². The van der Waals surface area contributed by atoms with Crippen molar-refractivity contribution >= 4 is 17.5 Å². The molecule has 0 aliphatic rings. The van der Waals surface area contributed by atoms with E-state index < -0.39 is 0 Å². The number of carbonyl (C=O) groups excluding carboxylic acids is 2. The Bertz CT molecular complexity index is 799. The first-order valence-corrected chi connectivity index (χ1v) is 9.79. The van der Waals surface area contributed by atoms with Crippen molar-refractivity contribution < 1.29 is 14.3 Å². The molecule has 0 atom stereocenters. The molecule has 6 nitrogen and oxygen atoms in total. The van der Waals surface area contributed by atoms with E-state index in [0.717, 1.165) is 12.8 Å². The molecule has 150 valence electrons. The van der Waals surface area contributed by atoms with E-state index in [1.54, 1.807) is 35.2 Å². The highest BCUT2D eigenvalue weighted by atomic mass is 16.5. The van der Waals surface area contributed by atoms with Crippen LogP contribution in [-0.2, 0) is 0 Å². The maximum absolute atomic E-state index is 12.7. The van der Waals surface area contributed by atoms with Gasteiger partial charge >= 0.3 is 0 Å². The largest absolute Gasteiger partial charge is 0.489 e. The van der Waals surface area contributed by atoms with Gasteiger partial charge in [0.05, 0.1) is 11.8 Å². The standard InChI is InChI=1S/C22H29N3O3/c1-5-14-25(15-6-2)22(27)19-12-9-11-18(23-19)21(26)24-17-10-7-8-13-20(17)28-16(3)4/h7-13,16H,5-6,14-15H2,1-4H3,(H,24,26). The molecule has 6 heteroatoms. The number of nitrogens with one attached hydrogen (secondary N) is 1. The number of nitrogens with zero attached hydrogens (tertiary/aromatic N) is 2. The second-order valence-electron chi connectivity index (χ2n) is 6.82. The van der Waals surface area contributed by atoms with Crippen LogP contribution in [0.2, 0.25) is 0 Å². The zero-order chi connectivity index (χ0) is 20.5. The maximum Gasteiger partial charge on any atom is 0.274 e. The predicted molar refractivity (Wildman–Crippen MR) is 111 cm³/mol. The van der Waals surface area contributed by atoms with E-state index in [9.17, 15) is 9.59 Å². The lowest BCUT2D eigenvalue weighted by molar-refractivity contribution is 0.0749. The van der Waals surface area contributed by atoms with E-state index >= 15 is 0 Å². The number of aromatic nitrogens is 1. The van der Waals surface area contributed by atoms with Crippen LogP contribution in [0, 0.1) is 0 Å². The molecule has 2 rings (SSSR count). The molecule has 0 unspecified atom stereocenters. The summed E-state index contributed by atoms with van der Waals surface area (Å²) in [6, 6.07) is 12.2. The third-order valence-corrected chi connectivity index (χ3v) is 3.97. The smallest absolute Gasteiger partial charge is 0.274 e. The van der Waals surface area contributed by atoms with Gasteiger partial charge in [-0.05, 0) is 51.0 Å². The predicted octanol–water partition coefficient (Wildman–Crippen LogP) is 4.38. The summed E-state index contributed by atoms with van der Waals surface area (Å²) in [5, 5.41) is 2.83. The average molecular weight is 383 g/mol. The van der Waals surface area contributed by atoms with Crippen molar-refractivity contribution in [2.45, 2.75) is 46.6 Å². The Kier molecular flexibility index (Phi) is 7.99. The molecule has 0 aliphatic heterocycles. The topological polar surface area (TPSA) is 71.5 Å². The van der Waals surface area contributed by atoms with Gasteiger partial charge in [-0.1, -0.05) is 32.0 Å². The second kappa shape index (κ2) is 10.4. The summed E-state index contributed by atoms with van der Waals surface area (Å²) < 4.78 is 5.73. The minimum atomic E-state index is -0.382. The molecule has 0 saturated heterocycles. The molecule has 0 aliphatic carbocycles. The zero-order valence-corrected chi connectivity index (χ0v) is 17.1. The minimum Gasteiger partial charge on any atom is -0.489 e. The van der Waals surface area contributed by atoms with Gasteiger partial charge in [-0.25, -0.2) is 4.98 Å². The fraction of sp³-hybridized carbons (Fsp3) is 0.409. The van der Waals surface area contributed by atoms with Gasteiger partial charge in [0.15, 0.2) is 0 Å². The number of rotatable bonds is 9. The number of ether oxygens (including phenoxy) is 1. The highest BCUT2D eigenvalue weighted by molar-refractivity contribution is 6.04. The molecule has 0 fully saturated rings. The fourth-order valence-corrected chi connectivity index (χ4v) is 2.81. The van der Waals surface area contributed by atoms with Crippen molar-refractivity contribution in [3.8, 4) is 5.75 Å². The van der Waals surface area contributed by atoms with E-state index in [0.29, 0.717) is 24.5 Å². The van der Waals surface area contributed by atoms with Crippen LogP contribution >= 0.6 is 0 Å². The summed E-state index contributed by atoms with van der Waals surface area (Å²) >= 11 is 0. The first-order valence-electron chi connectivity index (χ1n) is 9.79. The Morgan fingerprint density at radius 2 is 1.64 bits per heavy atom. The lowest BCUT2D eigenvalue weighted by atomic mass is 10.2. The fourth-order valence-electron chi connectivity index (χ4n) is 2.81. The first kappa shape index (κ1) is 21.4. The lowest BCUT2D eigenvalue weighted by Gasteiger charge is -2.21. The number of para-hydroxylation sites is 2. The van der Waals surface area contributed by atoms with Crippen LogP contribution in [0.15, 0.2) is 42.5 Å². The maximum atomic E-state index is 12.7. The first-order chi connectivity index (χ1) is 13.5. The molecule has 28 heavy (non-hydrogen) atoms. The minimum absolute atomic E-state index is 0.0137. The van der Waals surface area contributed by atoms with E-state index in [4.69, 9.17) is 4.74 Å². The molecular formula is C22H29N3O3. The molecule has 0 spiro atoms. The van der Waals surface area contributed by atoms with E-state index in [-0.39, 0.29) is 29.3 Å². The van der Waals surface area contributed by atoms with Crippen LogP contribution in [0.25, 0.3) is 0 Å². The zero-order valence-electron chi connectivity index (χ0n) is 17.1. The molecule has 1 aromatic heterocycles. The van der Waals surface area contributed by atoms with Crippen LogP contribution in [0.4, 0.5) is 5.69 Å². The van der Waals surface area contributed by atoms with Gasteiger partial charge in [0.1, 0.15) is 17.1 Å². The number of hydrogen-bond acceptors (Lipinski definition) is 4. The van der Waals surface area contributed by atoms with E-state index in [2.05, 4.69) is 10.3 Å². The van der Waals surface area contributed by atoms with Gasteiger partial charge in [0.25, 0.3) is 11.8 Å². The average Bonchev–Trinajstić information content (AvgIpc) is 2.68. The molecule has 2 aromatic rings. The Morgan fingerprint density at radius 1 is 1.00 bits per heavy atom. The van der Waals surface area contributed by atoms with Gasteiger partial charge in [0.2, 0.25) is 0 Å². The number of anilines is 1. The van der Waals surface area contributed by atoms with Gasteiger partial charge in [0, 0.05) is 13.1 Å². The SMILES string of the molecule is CCCN(CCC)C(=O)c1cccc(C(=O)Nc2ccccc2OC(C)C)n1. The van der Waals surface area contributed by atoms with Crippen LogP contribution in [0.5, 0.6) is 5.75 Å². The Morgan fingerprint density at radius 3 is 2.29 bits per heavy atom. The van der Waals surface area contributed by atoms with Gasteiger partial charge in [-0.15, -0.1) is 0 Å². The number of pyridine rings is 1. The summed E-state index contributed by atoms with van der Waals surface area (Å²) in [5.41, 5.74) is 1.04. The molecule has 0 radical (unpaired) electrons. The number of benzene rings is 1. The lowest BCUT2D eigenvalue weighted by Crippen LogP contribution is -2.33. The third-order valence-electron chi connectivity index (χ3n) is 3.97. The highest BCUT2D eigenvalue weighted by Gasteiger charge is 2.18. The summed E-state index contributed by atoms with van der Waals surface area (Å²) in [6.07, 6.45) is 1.73. The van der Waals surface area contributed by atoms with Gasteiger partial charge in [-0.2, -0.15) is 0 Å². The van der Waals surface area contributed by atoms with Crippen molar-refractivity contribution in [3.63, 3.8) is 0 Å². The van der Waals surface area contributed by atoms with Crippen LogP contribution in [0.3, 0.4) is 0 Å². The van der Waals surface area contributed by atoms with Crippen LogP contribution < -0.4 is 10.1 Å². The summed E-state index contributed by atoms with van der Waals surface area (Å²) in [5.74, 6) is 0.0593. The van der Waals surface area contributed by atoms with Crippen LogP contribution in [-0.4, -0.2) is 40.9 Å². The molecule has 2 amide bonds. The van der Waals surface area contributed by atoms with E-state index in [1.165, 1.54) is 0 Å². The molecule has 1 N–H and O–H groups in total. The normalized spacial score (nSPS) is 10.6. The van der Waals surface area contributed by atoms with Gasteiger partial charge < -0.3 is 15.0 Å². The summed E-state index contributed by atoms with van der Waals surface area (Å²) in [6.45, 7) is 9.25. The second-order valence-corrected chi connectivity index (χ2v) is 6.82. The Hall–Kier alpha value is -2.89. The molecular weight excluding hydrogens is 354 g/mol. The number of carbonyl (C=O) groups is 2. The molecule has 1 heterocycles. The Labute approximate surface area is 166 Å². The van der Waals surface area contributed by atoms with Crippen LogP contribution in [0.1, 0.15) is 61.5 Å².